The Morgan fingerprint density at radius 2 is 1.87 bits per heavy atom. The molecule has 0 aromatic heterocycles. The number of anilines is 1. The molecule has 2 aromatic carbocycles. The molecule has 0 N–H and O–H groups in total. The van der Waals surface area contributed by atoms with Gasteiger partial charge in [0.2, 0.25) is 5.91 Å². The van der Waals surface area contributed by atoms with E-state index in [2.05, 4.69) is 20.9 Å². The maximum atomic E-state index is 12.5. The Kier molecular flexibility index (Phi) is 3.31. The quantitative estimate of drug-likeness (QED) is 0.743. The van der Waals surface area contributed by atoms with Crippen molar-refractivity contribution in [3.05, 3.63) is 64.6 Å². The maximum Gasteiger partial charge on any atom is 0.250 e. The molecule has 2 aliphatic rings. The molecule has 0 saturated heterocycles. The van der Waals surface area contributed by atoms with Crippen molar-refractivity contribution in [3.8, 4) is 0 Å². The van der Waals surface area contributed by atoms with E-state index >= 15 is 0 Å². The Morgan fingerprint density at radius 3 is 2.65 bits per heavy atom. The number of halogens is 1. The molecular weight excluding hydrogens is 354 g/mol. The SMILES string of the molecule is CC1=Nc2ccc(Br)cc2C2=CCC(=O)N(c3ccccc3)N21. The highest BCUT2D eigenvalue weighted by Gasteiger charge is 2.34. The van der Waals surface area contributed by atoms with Gasteiger partial charge in [-0.25, -0.2) is 15.0 Å². The van der Waals surface area contributed by atoms with E-state index in [9.17, 15) is 4.79 Å². The number of benzene rings is 2. The van der Waals surface area contributed by atoms with E-state index in [1.165, 1.54) is 0 Å². The molecule has 2 heterocycles. The molecule has 23 heavy (non-hydrogen) atoms. The number of fused-ring (bicyclic) bond motifs is 3. The molecular formula is C18H14BrN3O. The van der Waals surface area contributed by atoms with E-state index in [0.717, 1.165) is 32.9 Å². The number of carbonyl (C=O) groups excluding carboxylic acids is 1. The first-order chi connectivity index (χ1) is 11.1. The van der Waals surface area contributed by atoms with Crippen LogP contribution in [-0.4, -0.2) is 16.8 Å². The third-order valence-corrected chi connectivity index (χ3v) is 4.45. The Labute approximate surface area is 142 Å². The highest BCUT2D eigenvalue weighted by Crippen LogP contribution is 2.40. The van der Waals surface area contributed by atoms with Gasteiger partial charge in [0.1, 0.15) is 5.84 Å². The lowest BCUT2D eigenvalue weighted by Gasteiger charge is -2.42. The van der Waals surface area contributed by atoms with Gasteiger partial charge in [-0.2, -0.15) is 0 Å². The first-order valence-electron chi connectivity index (χ1n) is 7.38. The van der Waals surface area contributed by atoms with Crippen molar-refractivity contribution in [2.24, 2.45) is 4.99 Å². The van der Waals surface area contributed by atoms with Crippen LogP contribution in [0.5, 0.6) is 0 Å². The van der Waals surface area contributed by atoms with Gasteiger partial charge in [0.25, 0.3) is 0 Å². The number of amidine groups is 1. The highest BCUT2D eigenvalue weighted by molar-refractivity contribution is 9.10. The normalized spacial score (nSPS) is 16.5. The fourth-order valence-electron chi connectivity index (χ4n) is 2.98. The second-order valence-electron chi connectivity index (χ2n) is 5.47. The molecule has 0 bridgehead atoms. The second kappa shape index (κ2) is 5.35. The smallest absolute Gasteiger partial charge is 0.250 e. The fraction of sp³-hybridized carbons (Fsp3) is 0.111. The first kappa shape index (κ1) is 14.2. The number of hydrogen-bond acceptors (Lipinski definition) is 3. The number of para-hydroxylation sites is 1. The number of hydrogen-bond donors (Lipinski definition) is 0. The minimum atomic E-state index is 0.0351. The molecule has 114 valence electrons. The summed E-state index contributed by atoms with van der Waals surface area (Å²) >= 11 is 3.52. The van der Waals surface area contributed by atoms with Crippen LogP contribution in [-0.2, 0) is 4.79 Å². The summed E-state index contributed by atoms with van der Waals surface area (Å²) in [4.78, 5) is 17.2. The molecule has 0 unspecified atom stereocenters. The lowest BCUT2D eigenvalue weighted by molar-refractivity contribution is -0.119. The van der Waals surface area contributed by atoms with Gasteiger partial charge in [0, 0.05) is 16.5 Å². The van der Waals surface area contributed by atoms with E-state index in [4.69, 9.17) is 0 Å². The molecule has 0 aliphatic carbocycles. The molecule has 2 aliphatic heterocycles. The molecule has 5 heteroatoms. The van der Waals surface area contributed by atoms with Gasteiger partial charge in [-0.05, 0) is 43.3 Å². The maximum absolute atomic E-state index is 12.5. The molecule has 0 saturated carbocycles. The van der Waals surface area contributed by atoms with Gasteiger partial charge in [0.05, 0.1) is 17.1 Å². The van der Waals surface area contributed by atoms with Crippen molar-refractivity contribution in [2.45, 2.75) is 13.3 Å². The topological polar surface area (TPSA) is 35.9 Å². The van der Waals surface area contributed by atoms with Crippen LogP contribution in [0.4, 0.5) is 11.4 Å². The summed E-state index contributed by atoms with van der Waals surface area (Å²) < 4.78 is 0.995. The molecule has 4 nitrogen and oxygen atoms in total. The van der Waals surface area contributed by atoms with Crippen LogP contribution in [0, 0.1) is 0 Å². The monoisotopic (exact) mass is 367 g/mol. The third-order valence-electron chi connectivity index (χ3n) is 3.96. The molecule has 0 spiro atoms. The van der Waals surface area contributed by atoms with Crippen molar-refractivity contribution in [2.75, 3.05) is 5.01 Å². The van der Waals surface area contributed by atoms with E-state index < -0.39 is 0 Å². The Bertz CT molecular complexity index is 858. The summed E-state index contributed by atoms with van der Waals surface area (Å²) in [5.41, 5.74) is 3.79. The number of amides is 1. The van der Waals surface area contributed by atoms with Gasteiger partial charge >= 0.3 is 0 Å². The fourth-order valence-corrected chi connectivity index (χ4v) is 3.34. The Balaban J connectivity index is 1.90. The predicted molar refractivity (Wildman–Crippen MR) is 95.3 cm³/mol. The van der Waals surface area contributed by atoms with Crippen LogP contribution < -0.4 is 5.01 Å². The first-order valence-corrected chi connectivity index (χ1v) is 8.18. The van der Waals surface area contributed by atoms with Gasteiger partial charge in [-0.15, -0.1) is 0 Å². The zero-order valence-electron chi connectivity index (χ0n) is 12.5. The van der Waals surface area contributed by atoms with Crippen LogP contribution in [0.1, 0.15) is 18.9 Å². The van der Waals surface area contributed by atoms with Crippen molar-refractivity contribution in [1.82, 2.24) is 5.01 Å². The number of carbonyl (C=O) groups is 1. The van der Waals surface area contributed by atoms with Gasteiger partial charge in [-0.3, -0.25) is 4.79 Å². The molecule has 0 fully saturated rings. The molecule has 2 aromatic rings. The summed E-state index contributed by atoms with van der Waals surface area (Å²) in [6.07, 6.45) is 2.35. The summed E-state index contributed by atoms with van der Waals surface area (Å²) in [6.45, 7) is 1.92. The summed E-state index contributed by atoms with van der Waals surface area (Å²) in [7, 11) is 0. The zero-order valence-corrected chi connectivity index (χ0v) is 14.1. The number of hydrazine groups is 1. The molecule has 0 radical (unpaired) electrons. The van der Waals surface area contributed by atoms with Crippen molar-refractivity contribution < 1.29 is 4.79 Å². The minimum Gasteiger partial charge on any atom is -0.272 e. The number of rotatable bonds is 1. The van der Waals surface area contributed by atoms with Crippen LogP contribution in [0.15, 0.2) is 64.1 Å². The molecule has 1 amide bonds. The average Bonchev–Trinajstić information content (AvgIpc) is 2.56. The minimum absolute atomic E-state index is 0.0351. The van der Waals surface area contributed by atoms with E-state index in [-0.39, 0.29) is 5.91 Å². The lowest BCUT2D eigenvalue weighted by atomic mass is 10.0. The lowest BCUT2D eigenvalue weighted by Crippen LogP contribution is -2.51. The predicted octanol–water partition coefficient (Wildman–Crippen LogP) is 4.51. The van der Waals surface area contributed by atoms with Crippen molar-refractivity contribution >= 4 is 44.7 Å². The highest BCUT2D eigenvalue weighted by atomic mass is 79.9. The summed E-state index contributed by atoms with van der Waals surface area (Å²) in [5.74, 6) is 0.816. The number of nitrogens with zero attached hydrogens (tertiary/aromatic N) is 3. The van der Waals surface area contributed by atoms with Crippen molar-refractivity contribution in [1.29, 1.82) is 0 Å². The second-order valence-corrected chi connectivity index (χ2v) is 6.38. The largest absolute Gasteiger partial charge is 0.272 e. The third kappa shape index (κ3) is 2.28. The summed E-state index contributed by atoms with van der Waals surface area (Å²) in [5, 5.41) is 3.61. The van der Waals surface area contributed by atoms with Gasteiger partial charge in [0.15, 0.2) is 0 Å². The van der Waals surface area contributed by atoms with E-state index in [0.29, 0.717) is 6.42 Å². The van der Waals surface area contributed by atoms with Gasteiger partial charge < -0.3 is 0 Å². The summed E-state index contributed by atoms with van der Waals surface area (Å²) in [6, 6.07) is 15.7. The van der Waals surface area contributed by atoms with E-state index in [1.54, 1.807) is 5.01 Å². The van der Waals surface area contributed by atoms with Crippen molar-refractivity contribution in [3.63, 3.8) is 0 Å². The average molecular weight is 368 g/mol. The van der Waals surface area contributed by atoms with Crippen LogP contribution in [0.2, 0.25) is 0 Å². The molecule has 0 atom stereocenters. The van der Waals surface area contributed by atoms with E-state index in [1.807, 2.05) is 66.5 Å². The Hall–Kier alpha value is -2.40. The standard InChI is InChI=1S/C18H14BrN3O/c1-12-20-16-8-7-13(19)11-15(16)17-9-10-18(23)22(21(12)17)14-5-3-2-4-6-14/h2-9,11H,10H2,1H3. The van der Waals surface area contributed by atoms with Crippen LogP contribution in [0.3, 0.4) is 0 Å². The number of aliphatic imine (C=N–C) groups is 1. The zero-order chi connectivity index (χ0) is 16.0. The van der Waals surface area contributed by atoms with Crippen LogP contribution >= 0.6 is 15.9 Å². The van der Waals surface area contributed by atoms with Gasteiger partial charge in [-0.1, -0.05) is 34.1 Å². The molecule has 4 rings (SSSR count). The van der Waals surface area contributed by atoms with Crippen LogP contribution in [0.25, 0.3) is 5.70 Å². The Morgan fingerprint density at radius 1 is 1.09 bits per heavy atom.